The standard InChI is InChI=1S/C8H10BrNO/c9-8(3-5-11)7-2-1-4-10-6-7/h1-2,4,6,8,11H,3,5H2. The Morgan fingerprint density at radius 3 is 3.00 bits per heavy atom. The number of hydrogen-bond donors (Lipinski definition) is 1. The van der Waals surface area contributed by atoms with Crippen molar-refractivity contribution in [2.45, 2.75) is 11.2 Å². The molecule has 0 amide bonds. The van der Waals surface area contributed by atoms with E-state index < -0.39 is 0 Å². The largest absolute Gasteiger partial charge is 0.396 e. The Hall–Kier alpha value is -0.410. The van der Waals surface area contributed by atoms with Crippen LogP contribution in [0.15, 0.2) is 24.5 Å². The van der Waals surface area contributed by atoms with Gasteiger partial charge in [-0.15, -0.1) is 0 Å². The monoisotopic (exact) mass is 215 g/mol. The number of aliphatic hydroxyl groups is 1. The van der Waals surface area contributed by atoms with E-state index in [0.29, 0.717) is 0 Å². The number of alkyl halides is 1. The third kappa shape index (κ3) is 2.60. The Bertz CT molecular complexity index is 203. The fourth-order valence-corrected chi connectivity index (χ4v) is 1.32. The molecule has 0 aromatic carbocycles. The Morgan fingerprint density at radius 1 is 1.64 bits per heavy atom. The molecule has 0 aliphatic rings. The van der Waals surface area contributed by atoms with E-state index in [-0.39, 0.29) is 11.4 Å². The summed E-state index contributed by atoms with van der Waals surface area (Å²) in [6.45, 7) is 0.199. The first-order valence-corrected chi connectivity index (χ1v) is 4.41. The first-order valence-electron chi connectivity index (χ1n) is 3.49. The van der Waals surface area contributed by atoms with Gasteiger partial charge in [-0.05, 0) is 18.1 Å². The van der Waals surface area contributed by atoms with Gasteiger partial charge in [0.15, 0.2) is 0 Å². The lowest BCUT2D eigenvalue weighted by Gasteiger charge is -2.05. The minimum absolute atomic E-state index is 0.199. The lowest BCUT2D eigenvalue weighted by atomic mass is 10.2. The van der Waals surface area contributed by atoms with Crippen LogP contribution in [0.3, 0.4) is 0 Å². The molecule has 2 nitrogen and oxygen atoms in total. The SMILES string of the molecule is OCCC(Br)c1cccnc1. The van der Waals surface area contributed by atoms with Gasteiger partial charge in [0.25, 0.3) is 0 Å². The van der Waals surface area contributed by atoms with Gasteiger partial charge in [0.05, 0.1) is 0 Å². The Balaban J connectivity index is 2.61. The van der Waals surface area contributed by atoms with Gasteiger partial charge in [-0.3, -0.25) is 4.98 Å². The molecule has 1 unspecified atom stereocenters. The summed E-state index contributed by atoms with van der Waals surface area (Å²) < 4.78 is 0. The zero-order valence-corrected chi connectivity index (χ0v) is 7.66. The van der Waals surface area contributed by atoms with Gasteiger partial charge in [-0.2, -0.15) is 0 Å². The summed E-state index contributed by atoms with van der Waals surface area (Å²) >= 11 is 3.45. The average Bonchev–Trinajstić information content (AvgIpc) is 2.07. The molecule has 3 heteroatoms. The number of aromatic nitrogens is 1. The molecule has 0 bridgehead atoms. The summed E-state index contributed by atoms with van der Waals surface area (Å²) in [6.07, 6.45) is 4.27. The van der Waals surface area contributed by atoms with Crippen molar-refractivity contribution in [2.24, 2.45) is 0 Å². The van der Waals surface area contributed by atoms with Crippen molar-refractivity contribution < 1.29 is 5.11 Å². The zero-order valence-electron chi connectivity index (χ0n) is 6.07. The molecule has 0 fully saturated rings. The van der Waals surface area contributed by atoms with Crippen LogP contribution in [-0.2, 0) is 0 Å². The van der Waals surface area contributed by atoms with Gasteiger partial charge in [-0.1, -0.05) is 22.0 Å². The number of halogens is 1. The molecule has 0 aliphatic carbocycles. The van der Waals surface area contributed by atoms with Crippen LogP contribution in [0, 0.1) is 0 Å². The fraction of sp³-hybridized carbons (Fsp3) is 0.375. The van der Waals surface area contributed by atoms with E-state index in [1.807, 2.05) is 12.1 Å². The van der Waals surface area contributed by atoms with Crippen molar-refractivity contribution >= 4 is 15.9 Å². The van der Waals surface area contributed by atoms with Crippen molar-refractivity contribution in [2.75, 3.05) is 6.61 Å². The minimum atomic E-state index is 0.199. The molecule has 1 aromatic rings. The molecule has 1 heterocycles. The van der Waals surface area contributed by atoms with Crippen molar-refractivity contribution in [1.29, 1.82) is 0 Å². The molecule has 11 heavy (non-hydrogen) atoms. The smallest absolute Gasteiger partial charge is 0.0444 e. The Kier molecular flexibility index (Phi) is 3.52. The van der Waals surface area contributed by atoms with Gasteiger partial charge >= 0.3 is 0 Å². The number of pyridine rings is 1. The van der Waals surface area contributed by atoms with Crippen LogP contribution >= 0.6 is 15.9 Å². The van der Waals surface area contributed by atoms with Crippen LogP contribution in [0.4, 0.5) is 0 Å². The zero-order chi connectivity index (χ0) is 8.10. The highest BCUT2D eigenvalue weighted by Gasteiger charge is 2.04. The molecule has 1 N–H and O–H groups in total. The molecule has 1 atom stereocenters. The maximum Gasteiger partial charge on any atom is 0.0444 e. The highest BCUT2D eigenvalue weighted by molar-refractivity contribution is 9.09. The van der Waals surface area contributed by atoms with E-state index in [2.05, 4.69) is 20.9 Å². The van der Waals surface area contributed by atoms with Crippen molar-refractivity contribution in [3.63, 3.8) is 0 Å². The number of hydrogen-bond acceptors (Lipinski definition) is 2. The second kappa shape index (κ2) is 4.46. The summed E-state index contributed by atoms with van der Waals surface area (Å²) in [7, 11) is 0. The first kappa shape index (κ1) is 8.68. The average molecular weight is 216 g/mol. The Morgan fingerprint density at radius 2 is 2.45 bits per heavy atom. The highest BCUT2D eigenvalue weighted by Crippen LogP contribution is 2.24. The summed E-state index contributed by atoms with van der Waals surface area (Å²) in [5.41, 5.74) is 1.11. The van der Waals surface area contributed by atoms with E-state index in [0.717, 1.165) is 12.0 Å². The molecule has 1 aromatic heterocycles. The lowest BCUT2D eigenvalue weighted by Crippen LogP contribution is -1.93. The third-order valence-corrected chi connectivity index (χ3v) is 2.42. The second-order valence-electron chi connectivity index (χ2n) is 2.27. The van der Waals surface area contributed by atoms with Crippen LogP contribution in [0.1, 0.15) is 16.8 Å². The summed E-state index contributed by atoms with van der Waals surface area (Å²) in [6, 6.07) is 3.88. The van der Waals surface area contributed by atoms with Crippen LogP contribution in [0.5, 0.6) is 0 Å². The second-order valence-corrected chi connectivity index (χ2v) is 3.37. The number of aliphatic hydroxyl groups excluding tert-OH is 1. The summed E-state index contributed by atoms with van der Waals surface area (Å²) in [5, 5.41) is 8.65. The fourth-order valence-electron chi connectivity index (χ4n) is 0.841. The van der Waals surface area contributed by atoms with Crippen molar-refractivity contribution in [3.05, 3.63) is 30.1 Å². The normalized spacial score (nSPS) is 12.9. The van der Waals surface area contributed by atoms with Crippen LogP contribution in [0.25, 0.3) is 0 Å². The number of nitrogens with zero attached hydrogens (tertiary/aromatic N) is 1. The minimum Gasteiger partial charge on any atom is -0.396 e. The van der Waals surface area contributed by atoms with E-state index in [1.165, 1.54) is 0 Å². The van der Waals surface area contributed by atoms with Crippen LogP contribution < -0.4 is 0 Å². The van der Waals surface area contributed by atoms with Crippen LogP contribution in [-0.4, -0.2) is 16.7 Å². The van der Waals surface area contributed by atoms with E-state index in [9.17, 15) is 0 Å². The van der Waals surface area contributed by atoms with Crippen molar-refractivity contribution in [1.82, 2.24) is 4.98 Å². The third-order valence-electron chi connectivity index (χ3n) is 1.43. The van der Waals surface area contributed by atoms with E-state index in [1.54, 1.807) is 12.4 Å². The highest BCUT2D eigenvalue weighted by atomic mass is 79.9. The molecular formula is C8H10BrNO. The van der Waals surface area contributed by atoms with E-state index in [4.69, 9.17) is 5.11 Å². The quantitative estimate of drug-likeness (QED) is 0.782. The van der Waals surface area contributed by atoms with Gasteiger partial charge in [0.1, 0.15) is 0 Å². The van der Waals surface area contributed by atoms with Crippen molar-refractivity contribution in [3.8, 4) is 0 Å². The summed E-state index contributed by atoms with van der Waals surface area (Å²) in [5.74, 6) is 0. The molecule has 0 aliphatic heterocycles. The number of rotatable bonds is 3. The maximum absolute atomic E-state index is 8.65. The van der Waals surface area contributed by atoms with E-state index >= 15 is 0 Å². The predicted molar refractivity (Wildman–Crippen MR) is 47.6 cm³/mol. The van der Waals surface area contributed by atoms with Crippen LogP contribution in [0.2, 0.25) is 0 Å². The molecule has 0 saturated heterocycles. The molecular weight excluding hydrogens is 206 g/mol. The first-order chi connectivity index (χ1) is 5.34. The molecule has 0 saturated carbocycles. The Labute approximate surface area is 74.4 Å². The van der Waals surface area contributed by atoms with Gasteiger partial charge in [0.2, 0.25) is 0 Å². The van der Waals surface area contributed by atoms with Gasteiger partial charge < -0.3 is 5.11 Å². The maximum atomic E-state index is 8.65. The lowest BCUT2D eigenvalue weighted by molar-refractivity contribution is 0.288. The van der Waals surface area contributed by atoms with Gasteiger partial charge in [0, 0.05) is 23.8 Å². The topological polar surface area (TPSA) is 33.1 Å². The molecule has 1 rings (SSSR count). The molecule has 0 spiro atoms. The molecule has 60 valence electrons. The predicted octanol–water partition coefficient (Wildman–Crippen LogP) is 1.90. The van der Waals surface area contributed by atoms with Gasteiger partial charge in [-0.25, -0.2) is 0 Å². The molecule has 0 radical (unpaired) electrons. The summed E-state index contributed by atoms with van der Waals surface area (Å²) in [4.78, 5) is 4.20.